The van der Waals surface area contributed by atoms with Crippen LogP contribution in [0.2, 0.25) is 0 Å². The zero-order chi connectivity index (χ0) is 12.3. The highest BCUT2D eigenvalue weighted by Crippen LogP contribution is 2.35. The Hall–Kier alpha value is -1.03. The minimum absolute atomic E-state index is 0.0330. The van der Waals surface area contributed by atoms with E-state index in [1.807, 2.05) is 12.1 Å². The highest BCUT2D eigenvalue weighted by molar-refractivity contribution is 9.09. The van der Waals surface area contributed by atoms with Crippen LogP contribution in [0.15, 0.2) is 18.2 Å². The molecule has 17 heavy (non-hydrogen) atoms. The van der Waals surface area contributed by atoms with E-state index in [0.717, 1.165) is 25.0 Å². The van der Waals surface area contributed by atoms with Crippen molar-refractivity contribution in [3.8, 4) is 5.75 Å². The third-order valence-corrected chi connectivity index (χ3v) is 3.65. The van der Waals surface area contributed by atoms with Crippen molar-refractivity contribution in [1.82, 2.24) is 5.32 Å². The second kappa shape index (κ2) is 5.54. The number of methoxy groups -OCH3 is 1. The van der Waals surface area contributed by atoms with Crippen molar-refractivity contribution in [2.45, 2.75) is 25.3 Å². The lowest BCUT2D eigenvalue weighted by molar-refractivity contribution is -0.119. The molecule has 1 N–H and O–H groups in total. The molecule has 0 aromatic heterocycles. The fourth-order valence-corrected chi connectivity index (χ4v) is 2.55. The second-order valence-corrected chi connectivity index (χ2v) is 4.73. The molecular formula is C13H16BrNO2. The number of hydrogen-bond acceptors (Lipinski definition) is 2. The third kappa shape index (κ3) is 2.63. The van der Waals surface area contributed by atoms with Crippen LogP contribution in [0.25, 0.3) is 0 Å². The van der Waals surface area contributed by atoms with Crippen LogP contribution in [0, 0.1) is 0 Å². The van der Waals surface area contributed by atoms with Gasteiger partial charge in [-0.25, -0.2) is 0 Å². The molecule has 1 amide bonds. The SMILES string of the molecule is COc1cccc2c1CCC[C@@H]2NC(=O)CBr. The largest absolute Gasteiger partial charge is 0.496 e. The Balaban J connectivity index is 2.28. The van der Waals surface area contributed by atoms with Crippen LogP contribution >= 0.6 is 15.9 Å². The smallest absolute Gasteiger partial charge is 0.231 e. The summed E-state index contributed by atoms with van der Waals surface area (Å²) in [7, 11) is 1.69. The van der Waals surface area contributed by atoms with Gasteiger partial charge in [-0.1, -0.05) is 28.1 Å². The van der Waals surface area contributed by atoms with Crippen molar-refractivity contribution in [3.63, 3.8) is 0 Å². The van der Waals surface area contributed by atoms with Crippen molar-refractivity contribution in [2.75, 3.05) is 12.4 Å². The molecule has 0 unspecified atom stereocenters. The Morgan fingerprint density at radius 3 is 3.12 bits per heavy atom. The quantitative estimate of drug-likeness (QED) is 0.871. The summed E-state index contributed by atoms with van der Waals surface area (Å²) in [6.07, 6.45) is 3.11. The fraction of sp³-hybridized carbons (Fsp3) is 0.462. The minimum Gasteiger partial charge on any atom is -0.496 e. The molecule has 2 rings (SSSR count). The second-order valence-electron chi connectivity index (χ2n) is 4.17. The maximum absolute atomic E-state index is 11.5. The van der Waals surface area contributed by atoms with E-state index in [1.165, 1.54) is 11.1 Å². The molecule has 1 aromatic carbocycles. The molecule has 0 radical (unpaired) electrons. The summed E-state index contributed by atoms with van der Waals surface area (Å²) in [5.41, 5.74) is 2.44. The standard InChI is InChI=1S/C13H16BrNO2/c1-17-12-7-3-4-9-10(12)5-2-6-11(9)15-13(16)8-14/h3-4,7,11H,2,5-6,8H2,1H3,(H,15,16)/t11-/m0/s1. The summed E-state index contributed by atoms with van der Waals surface area (Å²) < 4.78 is 5.37. The zero-order valence-corrected chi connectivity index (χ0v) is 11.4. The zero-order valence-electron chi connectivity index (χ0n) is 9.83. The molecule has 0 heterocycles. The molecule has 0 fully saturated rings. The van der Waals surface area contributed by atoms with Gasteiger partial charge >= 0.3 is 0 Å². The van der Waals surface area contributed by atoms with Gasteiger partial charge in [-0.3, -0.25) is 4.79 Å². The predicted molar refractivity (Wildman–Crippen MR) is 70.6 cm³/mol. The van der Waals surface area contributed by atoms with Crippen LogP contribution < -0.4 is 10.1 Å². The van der Waals surface area contributed by atoms with Crippen LogP contribution in [0.5, 0.6) is 5.75 Å². The van der Waals surface area contributed by atoms with E-state index in [2.05, 4.69) is 27.3 Å². The number of ether oxygens (including phenoxy) is 1. The van der Waals surface area contributed by atoms with Gasteiger partial charge in [0.15, 0.2) is 0 Å². The van der Waals surface area contributed by atoms with Gasteiger partial charge in [0, 0.05) is 0 Å². The molecule has 1 atom stereocenters. The normalized spacial score (nSPS) is 18.4. The molecular weight excluding hydrogens is 282 g/mol. The lowest BCUT2D eigenvalue weighted by Crippen LogP contribution is -2.31. The fourth-order valence-electron chi connectivity index (χ4n) is 2.39. The Morgan fingerprint density at radius 1 is 1.59 bits per heavy atom. The number of nitrogens with one attached hydrogen (secondary N) is 1. The van der Waals surface area contributed by atoms with E-state index < -0.39 is 0 Å². The number of alkyl halides is 1. The monoisotopic (exact) mass is 297 g/mol. The van der Waals surface area contributed by atoms with E-state index in [1.54, 1.807) is 7.11 Å². The van der Waals surface area contributed by atoms with Crippen molar-refractivity contribution < 1.29 is 9.53 Å². The first-order valence-electron chi connectivity index (χ1n) is 5.77. The summed E-state index contributed by atoms with van der Waals surface area (Å²) in [5, 5.41) is 3.38. The molecule has 3 nitrogen and oxygen atoms in total. The Morgan fingerprint density at radius 2 is 2.41 bits per heavy atom. The number of amides is 1. The van der Waals surface area contributed by atoms with Gasteiger partial charge in [0.25, 0.3) is 0 Å². The number of rotatable bonds is 3. The van der Waals surface area contributed by atoms with Crippen molar-refractivity contribution in [1.29, 1.82) is 0 Å². The molecule has 0 saturated carbocycles. The summed E-state index contributed by atoms with van der Waals surface area (Å²) in [6, 6.07) is 6.17. The topological polar surface area (TPSA) is 38.3 Å². The lowest BCUT2D eigenvalue weighted by Gasteiger charge is -2.27. The summed E-state index contributed by atoms with van der Waals surface area (Å²) in [5.74, 6) is 0.964. The van der Waals surface area contributed by atoms with E-state index in [9.17, 15) is 4.79 Å². The molecule has 4 heteroatoms. The predicted octanol–water partition coefficient (Wildman–Crippen LogP) is 2.58. The van der Waals surface area contributed by atoms with Gasteiger partial charge in [-0.05, 0) is 36.5 Å². The maximum atomic E-state index is 11.5. The highest BCUT2D eigenvalue weighted by atomic mass is 79.9. The van der Waals surface area contributed by atoms with Gasteiger partial charge in [-0.15, -0.1) is 0 Å². The van der Waals surface area contributed by atoms with E-state index in [4.69, 9.17) is 4.74 Å². The van der Waals surface area contributed by atoms with Crippen molar-refractivity contribution in [3.05, 3.63) is 29.3 Å². The molecule has 1 aromatic rings. The first kappa shape index (κ1) is 12.4. The van der Waals surface area contributed by atoms with Crippen molar-refractivity contribution >= 4 is 21.8 Å². The minimum atomic E-state index is 0.0330. The molecule has 0 saturated heterocycles. The van der Waals surface area contributed by atoms with Gasteiger partial charge in [0.1, 0.15) is 5.75 Å². The molecule has 0 aliphatic heterocycles. The summed E-state index contributed by atoms with van der Waals surface area (Å²) in [4.78, 5) is 11.5. The van der Waals surface area contributed by atoms with Crippen LogP contribution in [0.3, 0.4) is 0 Å². The molecule has 1 aliphatic rings. The van der Waals surface area contributed by atoms with E-state index in [-0.39, 0.29) is 11.9 Å². The number of hydrogen-bond donors (Lipinski definition) is 1. The van der Waals surface area contributed by atoms with Gasteiger partial charge in [0.2, 0.25) is 5.91 Å². The Kier molecular flexibility index (Phi) is 4.05. The van der Waals surface area contributed by atoms with E-state index in [0.29, 0.717) is 5.33 Å². The number of carbonyl (C=O) groups is 1. The summed E-state index contributed by atoms with van der Waals surface area (Å²) >= 11 is 3.17. The average molecular weight is 298 g/mol. The van der Waals surface area contributed by atoms with Gasteiger partial charge in [0.05, 0.1) is 18.5 Å². The number of fused-ring (bicyclic) bond motifs is 1. The van der Waals surface area contributed by atoms with Gasteiger partial charge < -0.3 is 10.1 Å². The van der Waals surface area contributed by atoms with Gasteiger partial charge in [-0.2, -0.15) is 0 Å². The van der Waals surface area contributed by atoms with Crippen LogP contribution in [0.1, 0.15) is 30.0 Å². The summed E-state index contributed by atoms with van der Waals surface area (Å²) in [6.45, 7) is 0. The molecule has 92 valence electrons. The average Bonchev–Trinajstić information content (AvgIpc) is 2.38. The third-order valence-electron chi connectivity index (χ3n) is 3.14. The molecule has 0 bridgehead atoms. The van der Waals surface area contributed by atoms with Crippen LogP contribution in [0.4, 0.5) is 0 Å². The highest BCUT2D eigenvalue weighted by Gasteiger charge is 2.23. The first-order valence-corrected chi connectivity index (χ1v) is 6.89. The number of carbonyl (C=O) groups excluding carboxylic acids is 1. The Labute approximate surface area is 110 Å². The Bertz CT molecular complexity index is 420. The number of benzene rings is 1. The first-order chi connectivity index (χ1) is 8.26. The van der Waals surface area contributed by atoms with Crippen LogP contribution in [-0.4, -0.2) is 18.3 Å². The molecule has 0 spiro atoms. The molecule has 1 aliphatic carbocycles. The van der Waals surface area contributed by atoms with Crippen LogP contribution in [-0.2, 0) is 11.2 Å². The van der Waals surface area contributed by atoms with Crippen molar-refractivity contribution in [2.24, 2.45) is 0 Å². The van der Waals surface area contributed by atoms with E-state index >= 15 is 0 Å². The lowest BCUT2D eigenvalue weighted by atomic mass is 9.87. The maximum Gasteiger partial charge on any atom is 0.231 e. The number of halogens is 1.